The van der Waals surface area contributed by atoms with Crippen molar-refractivity contribution in [2.45, 2.75) is 6.61 Å². The van der Waals surface area contributed by atoms with E-state index in [0.717, 1.165) is 15.8 Å². The number of pyridine rings is 1. The fourth-order valence-electron chi connectivity index (χ4n) is 1.22. The molecule has 0 saturated carbocycles. The van der Waals surface area contributed by atoms with Crippen LogP contribution < -0.4 is 4.74 Å². The molecule has 0 aliphatic carbocycles. The Bertz CT molecular complexity index is 471. The summed E-state index contributed by atoms with van der Waals surface area (Å²) >= 11 is 3.40. The summed E-state index contributed by atoms with van der Waals surface area (Å²) < 4.78 is 6.48. The van der Waals surface area contributed by atoms with Crippen LogP contribution in [0.2, 0.25) is 0 Å². The number of rotatable bonds is 3. The van der Waals surface area contributed by atoms with E-state index in [-0.39, 0.29) is 5.75 Å². The molecule has 0 spiro atoms. The van der Waals surface area contributed by atoms with E-state index in [1.54, 1.807) is 36.7 Å². The van der Waals surface area contributed by atoms with Crippen LogP contribution in [0, 0.1) is 0 Å². The molecule has 1 aromatic carbocycles. The van der Waals surface area contributed by atoms with Crippen molar-refractivity contribution >= 4 is 15.9 Å². The fraction of sp³-hybridized carbons (Fsp3) is 0.0833. The molecular weight excluding hydrogens is 270 g/mol. The SMILES string of the molecule is Oc1ccc(OCc2ccncc2Br)cc1. The van der Waals surface area contributed by atoms with Crippen molar-refractivity contribution in [3.63, 3.8) is 0 Å². The minimum atomic E-state index is 0.234. The van der Waals surface area contributed by atoms with Gasteiger partial charge in [-0.15, -0.1) is 0 Å². The van der Waals surface area contributed by atoms with Crippen LogP contribution in [0.15, 0.2) is 47.2 Å². The lowest BCUT2D eigenvalue weighted by atomic mass is 10.3. The lowest BCUT2D eigenvalue weighted by Crippen LogP contribution is -1.96. The molecule has 2 rings (SSSR count). The summed E-state index contributed by atoms with van der Waals surface area (Å²) in [5.41, 5.74) is 1.03. The van der Waals surface area contributed by atoms with Gasteiger partial charge in [-0.3, -0.25) is 4.98 Å². The summed E-state index contributed by atoms with van der Waals surface area (Å²) in [6.45, 7) is 0.466. The first-order chi connectivity index (χ1) is 7.75. The number of phenolic OH excluding ortho intramolecular Hbond substituents is 1. The average Bonchev–Trinajstić information content (AvgIpc) is 2.30. The zero-order valence-electron chi connectivity index (χ0n) is 8.43. The van der Waals surface area contributed by atoms with Crippen LogP contribution in [-0.2, 0) is 6.61 Å². The highest BCUT2D eigenvalue weighted by atomic mass is 79.9. The molecule has 82 valence electrons. The summed E-state index contributed by atoms with van der Waals surface area (Å²) in [5.74, 6) is 0.957. The predicted octanol–water partition coefficient (Wildman–Crippen LogP) is 3.13. The second-order valence-corrected chi connectivity index (χ2v) is 4.10. The van der Waals surface area contributed by atoms with Crippen molar-refractivity contribution in [1.29, 1.82) is 0 Å². The van der Waals surface area contributed by atoms with Gasteiger partial charge in [-0.05, 0) is 46.3 Å². The summed E-state index contributed by atoms with van der Waals surface area (Å²) in [5, 5.41) is 9.11. The van der Waals surface area contributed by atoms with Gasteiger partial charge in [0.2, 0.25) is 0 Å². The van der Waals surface area contributed by atoms with E-state index in [1.807, 2.05) is 6.07 Å². The molecule has 1 aromatic heterocycles. The van der Waals surface area contributed by atoms with Gasteiger partial charge in [0.25, 0.3) is 0 Å². The summed E-state index contributed by atoms with van der Waals surface area (Å²) in [6, 6.07) is 8.53. The van der Waals surface area contributed by atoms with E-state index < -0.39 is 0 Å². The lowest BCUT2D eigenvalue weighted by Gasteiger charge is -2.07. The fourth-order valence-corrected chi connectivity index (χ4v) is 1.59. The number of aromatic nitrogens is 1. The third kappa shape index (κ3) is 2.73. The first-order valence-corrected chi connectivity index (χ1v) is 5.55. The van der Waals surface area contributed by atoms with Crippen LogP contribution in [0.3, 0.4) is 0 Å². The van der Waals surface area contributed by atoms with Gasteiger partial charge in [-0.1, -0.05) is 0 Å². The topological polar surface area (TPSA) is 42.4 Å². The third-order valence-corrected chi connectivity index (χ3v) is 2.80. The van der Waals surface area contributed by atoms with Crippen molar-refractivity contribution in [2.75, 3.05) is 0 Å². The molecule has 0 fully saturated rings. The van der Waals surface area contributed by atoms with Crippen LogP contribution in [0.4, 0.5) is 0 Å². The Balaban J connectivity index is 2.02. The first-order valence-electron chi connectivity index (χ1n) is 4.76. The highest BCUT2D eigenvalue weighted by Gasteiger charge is 2.00. The molecule has 2 aromatic rings. The van der Waals surface area contributed by atoms with E-state index >= 15 is 0 Å². The number of nitrogens with zero attached hydrogens (tertiary/aromatic N) is 1. The predicted molar refractivity (Wildman–Crippen MR) is 64.4 cm³/mol. The number of phenols is 1. The molecule has 1 N–H and O–H groups in total. The van der Waals surface area contributed by atoms with Crippen LogP contribution in [0.5, 0.6) is 11.5 Å². The minimum Gasteiger partial charge on any atom is -0.508 e. The monoisotopic (exact) mass is 279 g/mol. The molecule has 0 atom stereocenters. The molecule has 4 heteroatoms. The van der Waals surface area contributed by atoms with Crippen molar-refractivity contribution in [3.05, 3.63) is 52.8 Å². The van der Waals surface area contributed by atoms with Gasteiger partial charge in [0.05, 0.1) is 0 Å². The Morgan fingerprint density at radius 1 is 1.19 bits per heavy atom. The summed E-state index contributed by atoms with van der Waals surface area (Å²) in [7, 11) is 0. The molecule has 16 heavy (non-hydrogen) atoms. The van der Waals surface area contributed by atoms with Crippen molar-refractivity contribution < 1.29 is 9.84 Å². The van der Waals surface area contributed by atoms with E-state index in [4.69, 9.17) is 9.84 Å². The number of hydrogen-bond donors (Lipinski definition) is 1. The van der Waals surface area contributed by atoms with Gasteiger partial charge < -0.3 is 9.84 Å². The van der Waals surface area contributed by atoms with Crippen molar-refractivity contribution in [3.8, 4) is 11.5 Å². The number of ether oxygens (including phenoxy) is 1. The van der Waals surface area contributed by atoms with Gasteiger partial charge in [0, 0.05) is 22.4 Å². The molecule has 0 aliphatic heterocycles. The van der Waals surface area contributed by atoms with Gasteiger partial charge in [0.15, 0.2) is 0 Å². The summed E-state index contributed by atoms with van der Waals surface area (Å²) in [4.78, 5) is 3.98. The smallest absolute Gasteiger partial charge is 0.120 e. The maximum atomic E-state index is 9.11. The lowest BCUT2D eigenvalue weighted by molar-refractivity contribution is 0.305. The zero-order chi connectivity index (χ0) is 11.4. The van der Waals surface area contributed by atoms with E-state index in [0.29, 0.717) is 6.61 Å². The quantitative estimate of drug-likeness (QED) is 0.939. The Kier molecular flexibility index (Phi) is 3.41. The Morgan fingerprint density at radius 2 is 1.94 bits per heavy atom. The normalized spacial score (nSPS) is 10.1. The van der Waals surface area contributed by atoms with Crippen LogP contribution >= 0.6 is 15.9 Å². The van der Waals surface area contributed by atoms with E-state index in [2.05, 4.69) is 20.9 Å². The number of halogens is 1. The maximum absolute atomic E-state index is 9.11. The van der Waals surface area contributed by atoms with Crippen LogP contribution in [0.25, 0.3) is 0 Å². The maximum Gasteiger partial charge on any atom is 0.120 e. The summed E-state index contributed by atoms with van der Waals surface area (Å²) in [6.07, 6.45) is 3.45. The minimum absolute atomic E-state index is 0.234. The Morgan fingerprint density at radius 3 is 2.62 bits per heavy atom. The van der Waals surface area contributed by atoms with Gasteiger partial charge in [0.1, 0.15) is 18.1 Å². The third-order valence-electron chi connectivity index (χ3n) is 2.09. The molecular formula is C12H10BrNO2. The Labute approximate surface area is 102 Å². The van der Waals surface area contributed by atoms with Crippen molar-refractivity contribution in [1.82, 2.24) is 4.98 Å². The second-order valence-electron chi connectivity index (χ2n) is 3.25. The Hall–Kier alpha value is -1.55. The molecule has 0 radical (unpaired) electrons. The van der Waals surface area contributed by atoms with Gasteiger partial charge in [-0.2, -0.15) is 0 Å². The van der Waals surface area contributed by atoms with Gasteiger partial charge in [-0.25, -0.2) is 0 Å². The molecule has 0 unspecified atom stereocenters. The molecule has 0 aliphatic rings. The average molecular weight is 280 g/mol. The highest BCUT2D eigenvalue weighted by Crippen LogP contribution is 2.19. The molecule has 3 nitrogen and oxygen atoms in total. The van der Waals surface area contributed by atoms with E-state index in [9.17, 15) is 0 Å². The highest BCUT2D eigenvalue weighted by molar-refractivity contribution is 9.10. The molecule has 0 amide bonds. The molecule has 0 bridgehead atoms. The second kappa shape index (κ2) is 4.99. The zero-order valence-corrected chi connectivity index (χ0v) is 10.0. The van der Waals surface area contributed by atoms with Crippen LogP contribution in [0.1, 0.15) is 5.56 Å². The van der Waals surface area contributed by atoms with Crippen LogP contribution in [-0.4, -0.2) is 10.1 Å². The van der Waals surface area contributed by atoms with Gasteiger partial charge >= 0.3 is 0 Å². The number of benzene rings is 1. The number of hydrogen-bond acceptors (Lipinski definition) is 3. The largest absolute Gasteiger partial charge is 0.508 e. The van der Waals surface area contributed by atoms with E-state index in [1.165, 1.54) is 0 Å². The molecule has 1 heterocycles. The first kappa shape index (κ1) is 11.0. The number of aromatic hydroxyl groups is 1. The molecule has 0 saturated heterocycles. The van der Waals surface area contributed by atoms with Crippen molar-refractivity contribution in [2.24, 2.45) is 0 Å². The standard InChI is InChI=1S/C12H10BrNO2/c13-12-7-14-6-5-9(12)8-16-11-3-1-10(15)2-4-11/h1-7,15H,8H2.